The van der Waals surface area contributed by atoms with Crippen molar-refractivity contribution < 1.29 is 18.0 Å². The van der Waals surface area contributed by atoms with Crippen LogP contribution < -0.4 is 10.9 Å². The molecular weight excluding hydrogens is 403 g/mol. The highest BCUT2D eigenvalue weighted by Gasteiger charge is 2.34. The highest BCUT2D eigenvalue weighted by Crippen LogP contribution is 2.36. The predicted octanol–water partition coefficient (Wildman–Crippen LogP) is 4.05. The van der Waals surface area contributed by atoms with E-state index in [9.17, 15) is 22.8 Å². The molecule has 0 saturated carbocycles. The Morgan fingerprint density at radius 2 is 2.11 bits per heavy atom. The monoisotopic (exact) mass is 417 g/mol. The van der Waals surface area contributed by atoms with Crippen molar-refractivity contribution in [3.63, 3.8) is 0 Å². The molecule has 1 aromatic heterocycles. The molecule has 0 bridgehead atoms. The van der Waals surface area contributed by atoms with E-state index in [-0.39, 0.29) is 15.7 Å². The van der Waals surface area contributed by atoms with Gasteiger partial charge in [0, 0.05) is 10.6 Å². The highest BCUT2D eigenvalue weighted by molar-refractivity contribution is 8.00. The Balaban J connectivity index is 1.77. The largest absolute Gasteiger partial charge is 0.418 e. The van der Waals surface area contributed by atoms with Gasteiger partial charge in [-0.25, -0.2) is 4.98 Å². The van der Waals surface area contributed by atoms with Gasteiger partial charge in [-0.3, -0.25) is 9.59 Å². The molecule has 1 aliphatic rings. The summed E-state index contributed by atoms with van der Waals surface area (Å²) < 4.78 is 39.3. The van der Waals surface area contributed by atoms with Crippen molar-refractivity contribution in [3.8, 4) is 0 Å². The van der Waals surface area contributed by atoms with Gasteiger partial charge in [-0.05, 0) is 44.4 Å². The van der Waals surface area contributed by atoms with Gasteiger partial charge in [-0.2, -0.15) is 13.2 Å². The molecule has 1 aliphatic carbocycles. The second kappa shape index (κ2) is 7.55. The van der Waals surface area contributed by atoms with Crippen LogP contribution in [0.4, 0.5) is 18.9 Å². The van der Waals surface area contributed by atoms with Crippen molar-refractivity contribution >= 4 is 35.0 Å². The van der Waals surface area contributed by atoms with Crippen LogP contribution in [0.3, 0.4) is 0 Å². The van der Waals surface area contributed by atoms with E-state index >= 15 is 0 Å². The first kappa shape index (κ1) is 19.8. The van der Waals surface area contributed by atoms with Gasteiger partial charge in [0.2, 0.25) is 5.91 Å². The maximum atomic E-state index is 13.1. The minimum absolute atomic E-state index is 0.0724. The minimum atomic E-state index is -4.63. The first-order chi connectivity index (χ1) is 12.6. The zero-order valence-electron chi connectivity index (χ0n) is 14.1. The third-order valence-corrected chi connectivity index (χ3v) is 5.34. The standard InChI is InChI=1S/C17H15ClF3N3O2S/c1-8(27-16-23-12-4-2-3-10(12)15(26)24-16)14(25)22-13-7-9(18)5-6-11(13)17(19,20)21/h5-8H,2-4H2,1H3,(H,22,25)(H,23,24,26). The lowest BCUT2D eigenvalue weighted by atomic mass is 10.1. The highest BCUT2D eigenvalue weighted by atomic mass is 35.5. The molecule has 0 saturated heterocycles. The number of aromatic amines is 1. The SMILES string of the molecule is CC(Sc1nc2c(c(=O)[nH]1)CCC2)C(=O)Nc1cc(Cl)ccc1C(F)(F)F. The molecule has 0 fully saturated rings. The van der Waals surface area contributed by atoms with E-state index in [2.05, 4.69) is 15.3 Å². The maximum absolute atomic E-state index is 13.1. The number of rotatable bonds is 4. The number of halogens is 4. The van der Waals surface area contributed by atoms with Crippen LogP contribution in [0, 0.1) is 0 Å². The van der Waals surface area contributed by atoms with E-state index in [1.165, 1.54) is 6.92 Å². The Morgan fingerprint density at radius 1 is 1.37 bits per heavy atom. The Kier molecular flexibility index (Phi) is 5.53. The number of nitrogens with one attached hydrogen (secondary N) is 2. The summed E-state index contributed by atoms with van der Waals surface area (Å²) in [5.41, 5.74) is -0.264. The molecule has 0 spiro atoms. The number of hydrogen-bond acceptors (Lipinski definition) is 4. The van der Waals surface area contributed by atoms with Crippen molar-refractivity contribution in [2.75, 3.05) is 5.32 Å². The summed E-state index contributed by atoms with van der Waals surface area (Å²) in [6, 6.07) is 2.97. The van der Waals surface area contributed by atoms with Gasteiger partial charge in [0.05, 0.1) is 22.2 Å². The molecule has 5 nitrogen and oxygen atoms in total. The van der Waals surface area contributed by atoms with E-state index in [0.717, 1.165) is 36.4 Å². The number of benzene rings is 1. The summed E-state index contributed by atoms with van der Waals surface area (Å²) in [7, 11) is 0. The fourth-order valence-corrected chi connectivity index (χ4v) is 3.78. The average molecular weight is 418 g/mol. The smallest absolute Gasteiger partial charge is 0.324 e. The van der Waals surface area contributed by atoms with Crippen LogP contribution in [0.2, 0.25) is 5.02 Å². The van der Waals surface area contributed by atoms with E-state index in [0.29, 0.717) is 24.1 Å². The van der Waals surface area contributed by atoms with Gasteiger partial charge in [-0.1, -0.05) is 23.4 Å². The molecule has 2 aromatic rings. The molecule has 10 heteroatoms. The van der Waals surface area contributed by atoms with Gasteiger partial charge in [-0.15, -0.1) is 0 Å². The number of carbonyl (C=O) groups excluding carboxylic acids is 1. The summed E-state index contributed by atoms with van der Waals surface area (Å²) in [5.74, 6) is -0.657. The van der Waals surface area contributed by atoms with Crippen molar-refractivity contribution in [1.82, 2.24) is 9.97 Å². The van der Waals surface area contributed by atoms with Crippen molar-refractivity contribution in [2.24, 2.45) is 0 Å². The lowest BCUT2D eigenvalue weighted by Crippen LogP contribution is -2.25. The number of anilines is 1. The van der Waals surface area contributed by atoms with Gasteiger partial charge >= 0.3 is 6.18 Å². The number of nitrogens with zero attached hydrogens (tertiary/aromatic N) is 1. The number of thioether (sulfide) groups is 1. The van der Waals surface area contributed by atoms with Crippen LogP contribution in [-0.4, -0.2) is 21.1 Å². The number of aryl methyl sites for hydroxylation is 1. The summed E-state index contributed by atoms with van der Waals surface area (Å²) in [6.07, 6.45) is -2.40. The quantitative estimate of drug-likeness (QED) is 0.581. The van der Waals surface area contributed by atoms with Crippen LogP contribution in [0.25, 0.3) is 0 Å². The van der Waals surface area contributed by atoms with E-state index < -0.39 is 28.6 Å². The molecule has 27 heavy (non-hydrogen) atoms. The zero-order valence-corrected chi connectivity index (χ0v) is 15.7. The lowest BCUT2D eigenvalue weighted by Gasteiger charge is -2.16. The molecule has 1 heterocycles. The first-order valence-electron chi connectivity index (χ1n) is 8.11. The number of aromatic nitrogens is 2. The average Bonchev–Trinajstić information content (AvgIpc) is 3.02. The maximum Gasteiger partial charge on any atom is 0.418 e. The first-order valence-corrected chi connectivity index (χ1v) is 9.37. The summed E-state index contributed by atoms with van der Waals surface area (Å²) in [5, 5.41) is 1.82. The molecule has 3 rings (SSSR count). The number of fused-ring (bicyclic) bond motifs is 1. The summed E-state index contributed by atoms with van der Waals surface area (Å²) in [6.45, 7) is 1.52. The Morgan fingerprint density at radius 3 is 2.81 bits per heavy atom. The molecule has 0 aliphatic heterocycles. The van der Waals surface area contributed by atoms with E-state index in [1.54, 1.807) is 0 Å². The van der Waals surface area contributed by atoms with Crippen LogP contribution in [0.1, 0.15) is 30.2 Å². The fourth-order valence-electron chi connectivity index (χ4n) is 2.80. The molecule has 0 radical (unpaired) electrons. The number of alkyl halides is 3. The van der Waals surface area contributed by atoms with Crippen LogP contribution in [0.5, 0.6) is 0 Å². The third-order valence-electron chi connectivity index (χ3n) is 4.12. The van der Waals surface area contributed by atoms with Crippen LogP contribution >= 0.6 is 23.4 Å². The van der Waals surface area contributed by atoms with E-state index in [4.69, 9.17) is 11.6 Å². The fraction of sp³-hybridized carbons (Fsp3) is 0.353. The lowest BCUT2D eigenvalue weighted by molar-refractivity contribution is -0.137. The van der Waals surface area contributed by atoms with Gasteiger partial charge in [0.1, 0.15) is 0 Å². The summed E-state index contributed by atoms with van der Waals surface area (Å²) >= 11 is 6.73. The normalized spacial score (nSPS) is 14.7. The summed E-state index contributed by atoms with van der Waals surface area (Å²) in [4.78, 5) is 31.3. The number of amides is 1. The van der Waals surface area contributed by atoms with Crippen LogP contribution in [0.15, 0.2) is 28.2 Å². The van der Waals surface area contributed by atoms with Gasteiger partial charge in [0.25, 0.3) is 5.56 Å². The molecule has 1 aromatic carbocycles. The topological polar surface area (TPSA) is 74.8 Å². The van der Waals surface area contributed by atoms with Gasteiger partial charge < -0.3 is 10.3 Å². The van der Waals surface area contributed by atoms with Gasteiger partial charge in [0.15, 0.2) is 5.16 Å². The van der Waals surface area contributed by atoms with Crippen LogP contribution in [-0.2, 0) is 23.8 Å². The molecule has 144 valence electrons. The number of H-pyrrole nitrogens is 1. The number of hydrogen-bond donors (Lipinski definition) is 2. The zero-order chi connectivity index (χ0) is 19.8. The van der Waals surface area contributed by atoms with E-state index in [1.807, 2.05) is 0 Å². The molecule has 1 amide bonds. The molecule has 1 atom stereocenters. The Hall–Kier alpha value is -2.00. The Bertz CT molecular complexity index is 946. The second-order valence-corrected chi connectivity index (χ2v) is 7.85. The van der Waals surface area contributed by atoms with Crippen molar-refractivity contribution in [2.45, 2.75) is 42.8 Å². The molecular formula is C17H15ClF3N3O2S. The van der Waals surface area contributed by atoms with Crippen molar-refractivity contribution in [3.05, 3.63) is 50.4 Å². The second-order valence-electron chi connectivity index (χ2n) is 6.09. The molecule has 1 unspecified atom stereocenters. The Labute approximate surface area is 161 Å². The number of carbonyl (C=O) groups is 1. The third kappa shape index (κ3) is 4.47. The molecule has 2 N–H and O–H groups in total. The van der Waals surface area contributed by atoms with Crippen molar-refractivity contribution in [1.29, 1.82) is 0 Å². The predicted molar refractivity (Wildman–Crippen MR) is 97.3 cm³/mol. The minimum Gasteiger partial charge on any atom is -0.324 e.